The summed E-state index contributed by atoms with van der Waals surface area (Å²) in [6.07, 6.45) is 2.29. The second-order valence-electron chi connectivity index (χ2n) is 6.04. The van der Waals surface area contributed by atoms with Crippen LogP contribution in [0, 0.1) is 11.7 Å². The molecular formula is C17H22FN5O2. The van der Waals surface area contributed by atoms with Crippen LogP contribution in [0.1, 0.15) is 16.8 Å². The SMILES string of the molecule is NC(=O)c1cnn2c1NC[C@@H](CNCCCOc1ccccc1F)C2. The van der Waals surface area contributed by atoms with Crippen LogP contribution in [0.25, 0.3) is 0 Å². The van der Waals surface area contributed by atoms with Gasteiger partial charge in [-0.25, -0.2) is 9.07 Å². The van der Waals surface area contributed by atoms with Crippen molar-refractivity contribution in [3.05, 3.63) is 41.8 Å². The van der Waals surface area contributed by atoms with Crippen LogP contribution < -0.4 is 21.1 Å². The number of hydrogen-bond donors (Lipinski definition) is 3. The lowest BCUT2D eigenvalue weighted by Crippen LogP contribution is -2.36. The Hall–Kier alpha value is -2.61. The number of para-hydroxylation sites is 1. The Morgan fingerprint density at radius 1 is 1.48 bits per heavy atom. The van der Waals surface area contributed by atoms with Crippen molar-refractivity contribution in [3.8, 4) is 5.75 Å². The van der Waals surface area contributed by atoms with Gasteiger partial charge in [0, 0.05) is 25.6 Å². The highest BCUT2D eigenvalue weighted by atomic mass is 19.1. The molecule has 0 radical (unpaired) electrons. The van der Waals surface area contributed by atoms with Gasteiger partial charge in [-0.2, -0.15) is 5.10 Å². The highest BCUT2D eigenvalue weighted by Gasteiger charge is 2.23. The molecule has 0 bridgehead atoms. The number of amides is 1. The van der Waals surface area contributed by atoms with Gasteiger partial charge >= 0.3 is 0 Å². The van der Waals surface area contributed by atoms with Crippen molar-refractivity contribution in [2.75, 3.05) is 31.6 Å². The third kappa shape index (κ3) is 4.27. The fourth-order valence-corrected chi connectivity index (χ4v) is 2.82. The van der Waals surface area contributed by atoms with E-state index in [1.54, 1.807) is 22.9 Å². The third-order valence-corrected chi connectivity index (χ3v) is 4.12. The lowest BCUT2D eigenvalue weighted by molar-refractivity contribution is 0.100. The standard InChI is InChI=1S/C17H22FN5O2/c18-14-4-1-2-5-15(14)25-7-3-6-20-8-12-9-21-17-13(16(19)24)10-22-23(17)11-12/h1-2,4-5,10,12,20-21H,3,6-9,11H2,(H2,19,24)/t12-/m1/s1. The number of ether oxygens (including phenoxy) is 1. The van der Waals surface area contributed by atoms with E-state index in [0.717, 1.165) is 32.6 Å². The fraction of sp³-hybridized carbons (Fsp3) is 0.412. The maximum Gasteiger partial charge on any atom is 0.254 e. The van der Waals surface area contributed by atoms with Crippen molar-refractivity contribution in [1.29, 1.82) is 0 Å². The van der Waals surface area contributed by atoms with Crippen LogP contribution in [0.4, 0.5) is 10.2 Å². The van der Waals surface area contributed by atoms with Crippen LogP contribution in [0.3, 0.4) is 0 Å². The van der Waals surface area contributed by atoms with Gasteiger partial charge in [0.15, 0.2) is 11.6 Å². The molecule has 1 amide bonds. The Kier molecular flexibility index (Phi) is 5.49. The van der Waals surface area contributed by atoms with Crippen molar-refractivity contribution in [2.24, 2.45) is 11.7 Å². The Bertz CT molecular complexity index is 734. The molecule has 1 aliphatic rings. The molecular weight excluding hydrogens is 325 g/mol. The van der Waals surface area contributed by atoms with Crippen LogP contribution in [-0.4, -0.2) is 41.9 Å². The number of carbonyl (C=O) groups is 1. The first-order valence-electron chi connectivity index (χ1n) is 8.32. The van der Waals surface area contributed by atoms with Gasteiger partial charge in [0.1, 0.15) is 11.4 Å². The van der Waals surface area contributed by atoms with E-state index < -0.39 is 5.91 Å². The average molecular weight is 347 g/mol. The van der Waals surface area contributed by atoms with Crippen LogP contribution >= 0.6 is 0 Å². The Morgan fingerprint density at radius 3 is 3.12 bits per heavy atom. The van der Waals surface area contributed by atoms with Crippen molar-refractivity contribution in [3.63, 3.8) is 0 Å². The number of nitrogens with two attached hydrogens (primary N) is 1. The molecule has 1 atom stereocenters. The smallest absolute Gasteiger partial charge is 0.254 e. The van der Waals surface area contributed by atoms with Gasteiger partial charge in [-0.05, 0) is 25.1 Å². The Balaban J connectivity index is 1.35. The number of aromatic nitrogens is 2. The van der Waals surface area contributed by atoms with E-state index in [1.165, 1.54) is 12.3 Å². The highest BCUT2D eigenvalue weighted by Crippen LogP contribution is 2.21. The summed E-state index contributed by atoms with van der Waals surface area (Å²) in [6.45, 7) is 3.54. The first-order chi connectivity index (χ1) is 12.1. The van der Waals surface area contributed by atoms with Gasteiger partial charge in [-0.3, -0.25) is 4.79 Å². The molecule has 1 aromatic carbocycles. The van der Waals surface area contributed by atoms with Crippen molar-refractivity contribution < 1.29 is 13.9 Å². The summed E-state index contributed by atoms with van der Waals surface area (Å²) >= 11 is 0. The molecule has 134 valence electrons. The molecule has 0 spiro atoms. The predicted molar refractivity (Wildman–Crippen MR) is 92.1 cm³/mol. The minimum absolute atomic E-state index is 0.287. The maximum atomic E-state index is 13.4. The van der Waals surface area contributed by atoms with E-state index in [-0.39, 0.29) is 11.6 Å². The van der Waals surface area contributed by atoms with Gasteiger partial charge in [0.25, 0.3) is 5.91 Å². The predicted octanol–water partition coefficient (Wildman–Crippen LogP) is 1.22. The molecule has 0 saturated heterocycles. The molecule has 0 aliphatic carbocycles. The van der Waals surface area contributed by atoms with E-state index in [1.807, 2.05) is 0 Å². The summed E-state index contributed by atoms with van der Waals surface area (Å²) < 4.78 is 20.6. The van der Waals surface area contributed by atoms with E-state index >= 15 is 0 Å². The Morgan fingerprint density at radius 2 is 2.32 bits per heavy atom. The number of rotatable bonds is 8. The number of benzene rings is 1. The summed E-state index contributed by atoms with van der Waals surface area (Å²) in [5, 5.41) is 10.8. The zero-order valence-electron chi connectivity index (χ0n) is 13.9. The summed E-state index contributed by atoms with van der Waals surface area (Å²) in [6, 6.07) is 6.40. The molecule has 4 N–H and O–H groups in total. The average Bonchev–Trinajstić information content (AvgIpc) is 3.03. The van der Waals surface area contributed by atoms with E-state index in [0.29, 0.717) is 23.9 Å². The topological polar surface area (TPSA) is 94.2 Å². The molecule has 3 rings (SSSR count). The third-order valence-electron chi connectivity index (χ3n) is 4.12. The molecule has 0 saturated carbocycles. The normalized spacial score (nSPS) is 16.1. The molecule has 0 fully saturated rings. The maximum absolute atomic E-state index is 13.4. The second-order valence-corrected chi connectivity index (χ2v) is 6.04. The lowest BCUT2D eigenvalue weighted by Gasteiger charge is -2.25. The molecule has 25 heavy (non-hydrogen) atoms. The monoisotopic (exact) mass is 347 g/mol. The number of primary amides is 1. The molecule has 2 heterocycles. The zero-order chi connectivity index (χ0) is 17.6. The highest BCUT2D eigenvalue weighted by molar-refractivity contribution is 5.97. The number of nitrogens with one attached hydrogen (secondary N) is 2. The molecule has 8 heteroatoms. The minimum Gasteiger partial charge on any atom is -0.490 e. The van der Waals surface area contributed by atoms with E-state index in [4.69, 9.17) is 10.5 Å². The van der Waals surface area contributed by atoms with Crippen LogP contribution in [0.15, 0.2) is 30.5 Å². The number of carbonyl (C=O) groups excluding carboxylic acids is 1. The molecule has 2 aromatic rings. The summed E-state index contributed by atoms with van der Waals surface area (Å²) in [7, 11) is 0. The fourth-order valence-electron chi connectivity index (χ4n) is 2.82. The molecule has 7 nitrogen and oxygen atoms in total. The van der Waals surface area contributed by atoms with Crippen molar-refractivity contribution >= 4 is 11.7 Å². The van der Waals surface area contributed by atoms with Crippen molar-refractivity contribution in [1.82, 2.24) is 15.1 Å². The first-order valence-corrected chi connectivity index (χ1v) is 8.32. The summed E-state index contributed by atoms with van der Waals surface area (Å²) in [5.74, 6) is 0.535. The molecule has 1 aromatic heterocycles. The number of nitrogens with zero attached hydrogens (tertiary/aromatic N) is 2. The number of anilines is 1. The van der Waals surface area contributed by atoms with E-state index in [2.05, 4.69) is 15.7 Å². The molecule has 1 aliphatic heterocycles. The number of halogens is 1. The largest absolute Gasteiger partial charge is 0.490 e. The zero-order valence-corrected chi connectivity index (χ0v) is 13.9. The van der Waals surface area contributed by atoms with Gasteiger partial charge in [-0.15, -0.1) is 0 Å². The minimum atomic E-state index is -0.472. The van der Waals surface area contributed by atoms with Gasteiger partial charge < -0.3 is 21.1 Å². The lowest BCUT2D eigenvalue weighted by atomic mass is 10.1. The molecule has 0 unspecified atom stereocenters. The summed E-state index contributed by atoms with van der Waals surface area (Å²) in [4.78, 5) is 11.3. The number of fused-ring (bicyclic) bond motifs is 1. The van der Waals surface area contributed by atoms with Gasteiger partial charge in [0.2, 0.25) is 0 Å². The van der Waals surface area contributed by atoms with Crippen LogP contribution in [0.5, 0.6) is 5.75 Å². The van der Waals surface area contributed by atoms with Crippen LogP contribution in [0.2, 0.25) is 0 Å². The van der Waals surface area contributed by atoms with Gasteiger partial charge in [0.05, 0.1) is 12.8 Å². The van der Waals surface area contributed by atoms with Gasteiger partial charge in [-0.1, -0.05) is 12.1 Å². The van der Waals surface area contributed by atoms with Crippen molar-refractivity contribution in [2.45, 2.75) is 13.0 Å². The first kappa shape index (κ1) is 17.2. The number of hydrogen-bond acceptors (Lipinski definition) is 5. The second kappa shape index (κ2) is 7.98. The quantitative estimate of drug-likeness (QED) is 0.624. The Labute approximate surface area is 145 Å². The van der Waals surface area contributed by atoms with Crippen LogP contribution in [-0.2, 0) is 6.54 Å². The summed E-state index contributed by atoms with van der Waals surface area (Å²) in [5.41, 5.74) is 5.74. The van der Waals surface area contributed by atoms with E-state index in [9.17, 15) is 9.18 Å².